The molecular formula is C25H34N2O5S. The van der Waals surface area contributed by atoms with Crippen LogP contribution >= 0.6 is 0 Å². The molecule has 0 bridgehead atoms. The molecule has 1 fully saturated rings. The number of hydrogen-bond acceptors (Lipinski definition) is 5. The van der Waals surface area contributed by atoms with E-state index in [1.807, 2.05) is 51.1 Å². The molecule has 180 valence electrons. The lowest BCUT2D eigenvalue weighted by molar-refractivity contribution is -0.133. The summed E-state index contributed by atoms with van der Waals surface area (Å²) < 4.78 is 39.2. The molecule has 7 nitrogen and oxygen atoms in total. The first kappa shape index (κ1) is 25.1. The van der Waals surface area contributed by atoms with Crippen LogP contribution in [0.3, 0.4) is 0 Å². The van der Waals surface area contributed by atoms with Gasteiger partial charge in [-0.15, -0.1) is 0 Å². The molecule has 1 saturated heterocycles. The zero-order chi connectivity index (χ0) is 24.3. The zero-order valence-corrected chi connectivity index (χ0v) is 21.2. The van der Waals surface area contributed by atoms with Crippen molar-refractivity contribution in [2.75, 3.05) is 34.4 Å². The average Bonchev–Trinajstić information content (AvgIpc) is 3.26. The number of sulfonamides is 1. The highest BCUT2D eigenvalue weighted by Crippen LogP contribution is 2.32. The standard InChI is InChI=1S/C25H34N2O5S/c1-17-14-18(2)24(19(3)15-17)33(29,30)27-12-7-8-21(27)25(28)26(4)13-11-20-9-10-22(31-5)23(16-20)32-6/h9-10,14-16,21H,7-8,11-13H2,1-6H3. The molecule has 0 saturated carbocycles. The van der Waals surface area contributed by atoms with E-state index in [1.165, 1.54) is 4.31 Å². The van der Waals surface area contributed by atoms with Gasteiger partial charge in [-0.2, -0.15) is 4.31 Å². The maximum absolute atomic E-state index is 13.6. The summed E-state index contributed by atoms with van der Waals surface area (Å²) in [6.07, 6.45) is 1.82. The number of likely N-dealkylation sites (N-methyl/N-ethyl adjacent to an activating group) is 1. The molecule has 1 aliphatic heterocycles. The highest BCUT2D eigenvalue weighted by atomic mass is 32.2. The molecule has 0 aromatic heterocycles. The Morgan fingerprint density at radius 3 is 2.30 bits per heavy atom. The smallest absolute Gasteiger partial charge is 0.244 e. The van der Waals surface area contributed by atoms with Gasteiger partial charge in [0.25, 0.3) is 0 Å². The fourth-order valence-corrected chi connectivity index (χ4v) is 6.73. The van der Waals surface area contributed by atoms with Gasteiger partial charge in [-0.05, 0) is 68.9 Å². The zero-order valence-electron chi connectivity index (χ0n) is 20.3. The van der Waals surface area contributed by atoms with Gasteiger partial charge in [-0.3, -0.25) is 4.79 Å². The van der Waals surface area contributed by atoms with Gasteiger partial charge in [0.05, 0.1) is 19.1 Å². The highest BCUT2D eigenvalue weighted by Gasteiger charge is 2.41. The Hall–Kier alpha value is -2.58. The summed E-state index contributed by atoms with van der Waals surface area (Å²) >= 11 is 0. The van der Waals surface area contributed by atoms with Gasteiger partial charge in [0, 0.05) is 20.1 Å². The van der Waals surface area contributed by atoms with Crippen molar-refractivity contribution >= 4 is 15.9 Å². The molecule has 0 aliphatic carbocycles. The minimum atomic E-state index is -3.77. The number of ether oxygens (including phenoxy) is 2. The summed E-state index contributed by atoms with van der Waals surface area (Å²) in [6.45, 7) is 6.41. The number of amides is 1. The molecule has 1 amide bonds. The topological polar surface area (TPSA) is 76.2 Å². The normalized spacial score (nSPS) is 16.6. The third kappa shape index (κ3) is 5.17. The molecule has 1 unspecified atom stereocenters. The number of aryl methyl sites for hydroxylation is 3. The van der Waals surface area contributed by atoms with Crippen molar-refractivity contribution in [2.45, 2.75) is 51.0 Å². The third-order valence-corrected chi connectivity index (χ3v) is 8.43. The Balaban J connectivity index is 1.75. The van der Waals surface area contributed by atoms with Gasteiger partial charge in [-0.25, -0.2) is 8.42 Å². The van der Waals surface area contributed by atoms with Crippen LogP contribution in [0.5, 0.6) is 11.5 Å². The summed E-state index contributed by atoms with van der Waals surface area (Å²) in [6, 6.07) is 8.75. The Morgan fingerprint density at radius 2 is 1.70 bits per heavy atom. The maximum Gasteiger partial charge on any atom is 0.244 e. The Morgan fingerprint density at radius 1 is 1.06 bits per heavy atom. The minimum Gasteiger partial charge on any atom is -0.493 e. The number of benzene rings is 2. The quantitative estimate of drug-likeness (QED) is 0.586. The molecule has 2 aromatic rings. The number of carbonyl (C=O) groups excluding carboxylic acids is 1. The van der Waals surface area contributed by atoms with Crippen LogP contribution < -0.4 is 9.47 Å². The van der Waals surface area contributed by atoms with Gasteiger partial charge >= 0.3 is 0 Å². The first-order chi connectivity index (χ1) is 15.6. The number of methoxy groups -OCH3 is 2. The van der Waals surface area contributed by atoms with Crippen LogP contribution in [0.1, 0.15) is 35.1 Å². The second-order valence-electron chi connectivity index (χ2n) is 8.70. The fraction of sp³-hybridized carbons (Fsp3) is 0.480. The van der Waals surface area contributed by atoms with Crippen LogP contribution in [0.4, 0.5) is 0 Å². The molecule has 8 heteroatoms. The van der Waals surface area contributed by atoms with E-state index in [4.69, 9.17) is 9.47 Å². The van der Waals surface area contributed by atoms with E-state index >= 15 is 0 Å². The van der Waals surface area contributed by atoms with Crippen molar-refractivity contribution in [3.05, 3.63) is 52.6 Å². The van der Waals surface area contributed by atoms with Crippen molar-refractivity contribution in [3.63, 3.8) is 0 Å². The predicted molar refractivity (Wildman–Crippen MR) is 128 cm³/mol. The molecule has 0 spiro atoms. The first-order valence-electron chi connectivity index (χ1n) is 11.2. The molecular weight excluding hydrogens is 440 g/mol. The third-order valence-electron chi connectivity index (χ3n) is 6.22. The van der Waals surface area contributed by atoms with Crippen LogP contribution in [0.2, 0.25) is 0 Å². The number of nitrogens with zero attached hydrogens (tertiary/aromatic N) is 2. The van der Waals surface area contributed by atoms with E-state index in [0.717, 1.165) is 11.1 Å². The molecule has 3 rings (SSSR count). The number of carbonyl (C=O) groups is 1. The lowest BCUT2D eigenvalue weighted by Gasteiger charge is -2.28. The van der Waals surface area contributed by atoms with Gasteiger partial charge in [-0.1, -0.05) is 23.8 Å². The summed E-state index contributed by atoms with van der Waals surface area (Å²) in [5.41, 5.74) is 3.46. The molecule has 0 N–H and O–H groups in total. The summed E-state index contributed by atoms with van der Waals surface area (Å²) in [4.78, 5) is 15.2. The van der Waals surface area contributed by atoms with Crippen molar-refractivity contribution in [3.8, 4) is 11.5 Å². The lowest BCUT2D eigenvalue weighted by atomic mass is 10.1. The van der Waals surface area contributed by atoms with Crippen LogP contribution in [-0.4, -0.2) is 63.9 Å². The van der Waals surface area contributed by atoms with Crippen molar-refractivity contribution in [1.82, 2.24) is 9.21 Å². The largest absolute Gasteiger partial charge is 0.493 e. The number of rotatable bonds is 8. The molecule has 33 heavy (non-hydrogen) atoms. The van der Waals surface area contributed by atoms with Crippen LogP contribution in [0.15, 0.2) is 35.2 Å². The van der Waals surface area contributed by atoms with E-state index in [1.54, 1.807) is 26.2 Å². The molecule has 1 atom stereocenters. The Kier molecular flexibility index (Phi) is 7.69. The van der Waals surface area contributed by atoms with Gasteiger partial charge in [0.2, 0.25) is 15.9 Å². The lowest BCUT2D eigenvalue weighted by Crippen LogP contribution is -2.47. The second-order valence-corrected chi connectivity index (χ2v) is 10.5. The van der Waals surface area contributed by atoms with E-state index in [-0.39, 0.29) is 5.91 Å². The van der Waals surface area contributed by atoms with E-state index in [0.29, 0.717) is 59.9 Å². The Bertz CT molecular complexity index is 1110. The monoisotopic (exact) mass is 474 g/mol. The van der Waals surface area contributed by atoms with Crippen LogP contribution in [-0.2, 0) is 21.2 Å². The predicted octanol–water partition coefficient (Wildman–Crippen LogP) is 3.48. The van der Waals surface area contributed by atoms with Gasteiger partial charge in [0.1, 0.15) is 6.04 Å². The molecule has 0 radical (unpaired) electrons. The van der Waals surface area contributed by atoms with Crippen molar-refractivity contribution in [1.29, 1.82) is 0 Å². The summed E-state index contributed by atoms with van der Waals surface area (Å²) in [7, 11) is 1.13. The van der Waals surface area contributed by atoms with Crippen LogP contribution in [0.25, 0.3) is 0 Å². The molecule has 1 aliphatic rings. The summed E-state index contributed by atoms with van der Waals surface area (Å²) in [5, 5.41) is 0. The van der Waals surface area contributed by atoms with E-state index in [2.05, 4.69) is 0 Å². The van der Waals surface area contributed by atoms with Crippen molar-refractivity contribution < 1.29 is 22.7 Å². The number of hydrogen-bond donors (Lipinski definition) is 0. The molecule has 1 heterocycles. The molecule has 2 aromatic carbocycles. The van der Waals surface area contributed by atoms with E-state index in [9.17, 15) is 13.2 Å². The summed E-state index contributed by atoms with van der Waals surface area (Å²) in [5.74, 6) is 1.12. The average molecular weight is 475 g/mol. The van der Waals surface area contributed by atoms with Crippen molar-refractivity contribution in [2.24, 2.45) is 0 Å². The minimum absolute atomic E-state index is 0.168. The SMILES string of the molecule is COc1ccc(CCN(C)C(=O)C2CCCN2S(=O)(=O)c2c(C)cc(C)cc2C)cc1OC. The van der Waals surface area contributed by atoms with E-state index < -0.39 is 16.1 Å². The Labute approximate surface area is 197 Å². The van der Waals surface area contributed by atoms with Gasteiger partial charge in [0.15, 0.2) is 11.5 Å². The van der Waals surface area contributed by atoms with Gasteiger partial charge < -0.3 is 14.4 Å². The fourth-order valence-electron chi connectivity index (χ4n) is 4.66. The first-order valence-corrected chi connectivity index (χ1v) is 12.6. The highest BCUT2D eigenvalue weighted by molar-refractivity contribution is 7.89. The second kappa shape index (κ2) is 10.1. The van der Waals surface area contributed by atoms with Crippen LogP contribution in [0, 0.1) is 20.8 Å². The maximum atomic E-state index is 13.6.